The molecule has 0 amide bonds. The maximum atomic E-state index is 5.26. The first kappa shape index (κ1) is 8.52. The Balaban J connectivity index is 1.62. The summed E-state index contributed by atoms with van der Waals surface area (Å²) < 4.78 is 5.26. The van der Waals surface area contributed by atoms with Crippen molar-refractivity contribution in [3.8, 4) is 0 Å². The van der Waals surface area contributed by atoms with E-state index < -0.39 is 0 Å². The van der Waals surface area contributed by atoms with E-state index in [2.05, 4.69) is 26.1 Å². The maximum Gasteiger partial charge on any atom is 0.155 e. The molecular formula is C11H12N4O. The van der Waals surface area contributed by atoms with Gasteiger partial charge in [0.15, 0.2) is 5.65 Å². The number of anilines is 1. The Morgan fingerprint density at radius 2 is 2.19 bits per heavy atom. The van der Waals surface area contributed by atoms with Crippen LogP contribution in [0.2, 0.25) is 0 Å². The van der Waals surface area contributed by atoms with E-state index in [4.69, 9.17) is 4.74 Å². The standard InChI is InChI=1S/C11H12N4O/c1-8-2-13-14-10(8)12-3-9(1)15-4-11(5-15)6-16-7-11/h1-3H,4-7H2,(H,12,13,14). The van der Waals surface area contributed by atoms with E-state index in [1.807, 2.05) is 12.4 Å². The number of aromatic amines is 1. The lowest BCUT2D eigenvalue weighted by Gasteiger charge is -2.55. The molecule has 16 heavy (non-hydrogen) atoms. The summed E-state index contributed by atoms with van der Waals surface area (Å²) in [6, 6.07) is 2.14. The van der Waals surface area contributed by atoms with Gasteiger partial charge in [0.1, 0.15) is 0 Å². The number of fused-ring (bicyclic) bond motifs is 1. The summed E-state index contributed by atoms with van der Waals surface area (Å²) in [5.41, 5.74) is 2.49. The van der Waals surface area contributed by atoms with Crippen LogP contribution in [-0.2, 0) is 4.74 Å². The zero-order chi connectivity index (χ0) is 10.6. The van der Waals surface area contributed by atoms with Crippen LogP contribution in [-0.4, -0.2) is 41.5 Å². The molecule has 2 aromatic heterocycles. The Hall–Kier alpha value is -1.62. The van der Waals surface area contributed by atoms with Crippen LogP contribution in [0, 0.1) is 5.41 Å². The number of ether oxygens (including phenoxy) is 1. The van der Waals surface area contributed by atoms with Gasteiger partial charge in [0.2, 0.25) is 0 Å². The summed E-state index contributed by atoms with van der Waals surface area (Å²) in [5.74, 6) is 0. The Bertz CT molecular complexity index is 538. The van der Waals surface area contributed by atoms with Gasteiger partial charge in [0.25, 0.3) is 0 Å². The molecule has 2 aromatic rings. The number of nitrogens with zero attached hydrogens (tertiary/aromatic N) is 3. The summed E-state index contributed by atoms with van der Waals surface area (Å²) in [7, 11) is 0. The summed E-state index contributed by atoms with van der Waals surface area (Å²) >= 11 is 0. The Morgan fingerprint density at radius 3 is 2.94 bits per heavy atom. The van der Waals surface area contributed by atoms with Gasteiger partial charge >= 0.3 is 0 Å². The molecular weight excluding hydrogens is 204 g/mol. The van der Waals surface area contributed by atoms with Crippen LogP contribution in [0.25, 0.3) is 11.0 Å². The minimum atomic E-state index is 0.450. The summed E-state index contributed by atoms with van der Waals surface area (Å²) in [5, 5.41) is 7.91. The first-order chi connectivity index (χ1) is 7.85. The van der Waals surface area contributed by atoms with Crippen molar-refractivity contribution in [2.45, 2.75) is 0 Å². The minimum absolute atomic E-state index is 0.450. The Morgan fingerprint density at radius 1 is 1.31 bits per heavy atom. The third-order valence-corrected chi connectivity index (χ3v) is 3.51. The van der Waals surface area contributed by atoms with E-state index in [1.165, 1.54) is 5.69 Å². The lowest BCUT2D eigenvalue weighted by molar-refractivity contribution is -0.127. The van der Waals surface area contributed by atoms with Gasteiger partial charge in [-0.2, -0.15) is 5.10 Å². The van der Waals surface area contributed by atoms with Crippen molar-refractivity contribution >= 4 is 16.7 Å². The second-order valence-corrected chi connectivity index (χ2v) is 4.85. The number of H-pyrrole nitrogens is 1. The van der Waals surface area contributed by atoms with Gasteiger partial charge in [-0.1, -0.05) is 0 Å². The van der Waals surface area contributed by atoms with Crippen LogP contribution in [0.15, 0.2) is 18.5 Å². The third-order valence-electron chi connectivity index (χ3n) is 3.51. The van der Waals surface area contributed by atoms with Crippen LogP contribution in [0.4, 0.5) is 5.69 Å². The highest BCUT2D eigenvalue weighted by molar-refractivity contribution is 5.78. The highest BCUT2D eigenvalue weighted by atomic mass is 16.5. The van der Waals surface area contributed by atoms with Crippen molar-refractivity contribution < 1.29 is 4.74 Å². The molecule has 1 N–H and O–H groups in total. The molecule has 0 aliphatic carbocycles. The zero-order valence-corrected chi connectivity index (χ0v) is 8.81. The van der Waals surface area contributed by atoms with E-state index in [1.54, 1.807) is 0 Å². The smallest absolute Gasteiger partial charge is 0.155 e. The Kier molecular flexibility index (Phi) is 1.46. The SMILES string of the molecule is c1nc2[nH]ncc2cc1N1CC2(COC2)C1. The molecule has 4 rings (SSSR count). The zero-order valence-electron chi connectivity index (χ0n) is 8.81. The Labute approximate surface area is 92.4 Å². The van der Waals surface area contributed by atoms with Crippen molar-refractivity contribution in [2.75, 3.05) is 31.2 Å². The van der Waals surface area contributed by atoms with Gasteiger partial charge in [0.05, 0.1) is 36.7 Å². The lowest BCUT2D eigenvalue weighted by Crippen LogP contribution is -2.66. The fourth-order valence-electron chi connectivity index (χ4n) is 2.52. The molecule has 4 heterocycles. The van der Waals surface area contributed by atoms with Crippen molar-refractivity contribution in [1.29, 1.82) is 0 Å². The lowest BCUT2D eigenvalue weighted by atomic mass is 9.78. The fraction of sp³-hybridized carbons (Fsp3) is 0.455. The highest BCUT2D eigenvalue weighted by Crippen LogP contribution is 2.40. The second-order valence-electron chi connectivity index (χ2n) is 4.85. The highest BCUT2D eigenvalue weighted by Gasteiger charge is 2.49. The van der Waals surface area contributed by atoms with Crippen molar-refractivity contribution in [2.24, 2.45) is 5.41 Å². The topological polar surface area (TPSA) is 54.0 Å². The van der Waals surface area contributed by atoms with Crippen LogP contribution in [0.3, 0.4) is 0 Å². The molecule has 0 aromatic carbocycles. The van der Waals surface area contributed by atoms with Crippen molar-refractivity contribution in [3.63, 3.8) is 0 Å². The van der Waals surface area contributed by atoms with Crippen LogP contribution in [0.1, 0.15) is 0 Å². The fourth-order valence-corrected chi connectivity index (χ4v) is 2.52. The average Bonchev–Trinajstić information content (AvgIpc) is 2.60. The molecule has 0 radical (unpaired) electrons. The van der Waals surface area contributed by atoms with Crippen LogP contribution < -0.4 is 4.90 Å². The van der Waals surface area contributed by atoms with Gasteiger partial charge < -0.3 is 9.64 Å². The van der Waals surface area contributed by atoms with E-state index in [0.29, 0.717) is 5.41 Å². The molecule has 0 unspecified atom stereocenters. The molecule has 2 fully saturated rings. The number of aromatic nitrogens is 3. The van der Waals surface area contributed by atoms with E-state index in [0.717, 1.165) is 37.3 Å². The molecule has 2 aliphatic heterocycles. The first-order valence-corrected chi connectivity index (χ1v) is 5.47. The van der Waals surface area contributed by atoms with Crippen LogP contribution in [0.5, 0.6) is 0 Å². The predicted octanol–water partition coefficient (Wildman–Crippen LogP) is 0.794. The van der Waals surface area contributed by atoms with E-state index >= 15 is 0 Å². The molecule has 2 aliphatic rings. The predicted molar refractivity (Wildman–Crippen MR) is 59.4 cm³/mol. The van der Waals surface area contributed by atoms with Gasteiger partial charge in [-0.3, -0.25) is 5.10 Å². The molecule has 5 heteroatoms. The average molecular weight is 216 g/mol. The number of rotatable bonds is 1. The number of nitrogens with one attached hydrogen (secondary N) is 1. The molecule has 82 valence electrons. The van der Waals surface area contributed by atoms with Gasteiger partial charge in [-0.05, 0) is 6.07 Å². The number of pyridine rings is 1. The molecule has 0 saturated carbocycles. The summed E-state index contributed by atoms with van der Waals surface area (Å²) in [6.45, 7) is 4.03. The van der Waals surface area contributed by atoms with Gasteiger partial charge in [-0.15, -0.1) is 0 Å². The van der Waals surface area contributed by atoms with Crippen LogP contribution >= 0.6 is 0 Å². The quantitative estimate of drug-likeness (QED) is 0.766. The van der Waals surface area contributed by atoms with Gasteiger partial charge in [-0.25, -0.2) is 4.98 Å². The number of hydrogen-bond acceptors (Lipinski definition) is 4. The molecule has 0 bridgehead atoms. The largest absolute Gasteiger partial charge is 0.380 e. The monoisotopic (exact) mass is 216 g/mol. The van der Waals surface area contributed by atoms with Crippen molar-refractivity contribution in [1.82, 2.24) is 15.2 Å². The first-order valence-electron chi connectivity index (χ1n) is 5.47. The summed E-state index contributed by atoms with van der Waals surface area (Å²) in [4.78, 5) is 6.69. The minimum Gasteiger partial charge on any atom is -0.380 e. The third kappa shape index (κ3) is 1.03. The van der Waals surface area contributed by atoms with E-state index in [9.17, 15) is 0 Å². The molecule has 5 nitrogen and oxygen atoms in total. The molecule has 1 spiro atoms. The van der Waals surface area contributed by atoms with E-state index in [-0.39, 0.29) is 0 Å². The molecule has 2 saturated heterocycles. The normalized spacial score (nSPS) is 22.1. The van der Waals surface area contributed by atoms with Gasteiger partial charge in [0, 0.05) is 18.5 Å². The number of hydrogen-bond donors (Lipinski definition) is 1. The van der Waals surface area contributed by atoms with Crippen molar-refractivity contribution in [3.05, 3.63) is 18.5 Å². The second kappa shape index (κ2) is 2.74. The summed E-state index contributed by atoms with van der Waals surface area (Å²) in [6.07, 6.45) is 3.72. The maximum absolute atomic E-state index is 5.26. The molecule has 0 atom stereocenters.